The molecule has 0 bridgehead atoms. The average Bonchev–Trinajstić information content (AvgIpc) is 3.50. The van der Waals surface area contributed by atoms with Crippen LogP contribution >= 0.6 is 23.1 Å². The van der Waals surface area contributed by atoms with Crippen LogP contribution in [0.5, 0.6) is 0 Å². The maximum Gasteiger partial charge on any atom is 0.260 e. The maximum absolute atomic E-state index is 12.8. The summed E-state index contributed by atoms with van der Waals surface area (Å²) in [5.74, 6) is 0.985. The van der Waals surface area contributed by atoms with E-state index in [2.05, 4.69) is 15.0 Å². The third-order valence-electron chi connectivity index (χ3n) is 5.62. The number of pyridine rings is 1. The number of rotatable bonds is 6. The first kappa shape index (κ1) is 22.3. The fourth-order valence-electron chi connectivity index (χ4n) is 3.83. The Hall–Kier alpha value is -2.53. The number of benzene rings is 1. The maximum atomic E-state index is 12.8. The molecule has 0 spiro atoms. The van der Waals surface area contributed by atoms with Crippen molar-refractivity contribution in [3.05, 3.63) is 69.7 Å². The number of aromatic nitrogens is 3. The van der Waals surface area contributed by atoms with Crippen LogP contribution < -0.4 is 5.56 Å². The number of aromatic amines is 1. The molecular formula is C23H22N4O3S3. The Morgan fingerprint density at radius 2 is 1.88 bits per heavy atom. The smallest absolute Gasteiger partial charge is 0.260 e. The molecule has 170 valence electrons. The zero-order valence-corrected chi connectivity index (χ0v) is 20.4. The number of sulfonamides is 1. The van der Waals surface area contributed by atoms with Gasteiger partial charge < -0.3 is 4.98 Å². The Balaban J connectivity index is 1.33. The van der Waals surface area contributed by atoms with Crippen molar-refractivity contribution in [3.8, 4) is 11.1 Å². The summed E-state index contributed by atoms with van der Waals surface area (Å²) in [5, 5.41) is 3.24. The lowest BCUT2D eigenvalue weighted by molar-refractivity contribution is 0.477. The van der Waals surface area contributed by atoms with Crippen molar-refractivity contribution in [3.63, 3.8) is 0 Å². The average molecular weight is 499 g/mol. The van der Waals surface area contributed by atoms with Gasteiger partial charge in [-0.25, -0.2) is 18.4 Å². The van der Waals surface area contributed by atoms with Gasteiger partial charge in [-0.3, -0.25) is 4.79 Å². The lowest BCUT2D eigenvalue weighted by Gasteiger charge is -2.15. The van der Waals surface area contributed by atoms with E-state index in [0.717, 1.165) is 24.0 Å². The van der Waals surface area contributed by atoms with Crippen LogP contribution in [-0.4, -0.2) is 40.8 Å². The fourth-order valence-corrected chi connectivity index (χ4v) is 6.97. The Bertz CT molecular complexity index is 1450. The summed E-state index contributed by atoms with van der Waals surface area (Å²) in [6, 6.07) is 11.4. The molecule has 1 aliphatic rings. The minimum absolute atomic E-state index is 0.160. The number of nitrogens with zero attached hydrogens (tertiary/aromatic N) is 3. The van der Waals surface area contributed by atoms with Crippen molar-refractivity contribution < 1.29 is 8.42 Å². The van der Waals surface area contributed by atoms with Gasteiger partial charge in [0.25, 0.3) is 5.56 Å². The largest absolute Gasteiger partial charge is 0.309 e. The molecule has 0 amide bonds. The van der Waals surface area contributed by atoms with Gasteiger partial charge in [0.2, 0.25) is 10.0 Å². The molecule has 0 radical (unpaired) electrons. The molecule has 4 heterocycles. The topological polar surface area (TPSA) is 96.0 Å². The van der Waals surface area contributed by atoms with E-state index in [1.54, 1.807) is 12.1 Å². The number of hydrogen-bond donors (Lipinski definition) is 1. The second-order valence-electron chi connectivity index (χ2n) is 7.94. The first-order valence-corrected chi connectivity index (χ1v) is 13.9. The molecule has 5 rings (SSSR count). The zero-order valence-electron chi connectivity index (χ0n) is 17.9. The molecule has 1 saturated heterocycles. The number of hydrogen-bond acceptors (Lipinski definition) is 7. The summed E-state index contributed by atoms with van der Waals surface area (Å²) in [5.41, 5.74) is 2.89. The molecule has 1 aliphatic heterocycles. The highest BCUT2D eigenvalue weighted by molar-refractivity contribution is 7.98. The van der Waals surface area contributed by atoms with Crippen LogP contribution in [0.15, 0.2) is 62.7 Å². The lowest BCUT2D eigenvalue weighted by Crippen LogP contribution is -2.27. The van der Waals surface area contributed by atoms with Crippen LogP contribution in [0.1, 0.15) is 24.2 Å². The lowest BCUT2D eigenvalue weighted by atomic mass is 10.1. The van der Waals surface area contributed by atoms with Gasteiger partial charge in [0.1, 0.15) is 15.6 Å². The molecule has 1 fully saturated rings. The number of thioether (sulfide) groups is 1. The van der Waals surface area contributed by atoms with Gasteiger partial charge in [-0.15, -0.1) is 11.3 Å². The molecule has 33 heavy (non-hydrogen) atoms. The molecule has 0 atom stereocenters. The number of fused-ring (bicyclic) bond motifs is 1. The highest BCUT2D eigenvalue weighted by Gasteiger charge is 2.27. The predicted molar refractivity (Wildman–Crippen MR) is 132 cm³/mol. The number of H-pyrrole nitrogens is 1. The van der Waals surface area contributed by atoms with Crippen molar-refractivity contribution in [1.82, 2.24) is 19.3 Å². The Labute approximate surface area is 200 Å². The van der Waals surface area contributed by atoms with Gasteiger partial charge in [-0.2, -0.15) is 4.31 Å². The molecular weight excluding hydrogens is 476 g/mol. The Morgan fingerprint density at radius 3 is 2.58 bits per heavy atom. The minimum atomic E-state index is -3.47. The van der Waals surface area contributed by atoms with Crippen LogP contribution in [0.25, 0.3) is 21.3 Å². The quantitative estimate of drug-likeness (QED) is 0.395. The van der Waals surface area contributed by atoms with Crippen LogP contribution in [0, 0.1) is 6.92 Å². The Morgan fingerprint density at radius 1 is 1.12 bits per heavy atom. The van der Waals surface area contributed by atoms with Crippen LogP contribution in [-0.2, 0) is 15.8 Å². The standard InChI is InChI=1S/C23H22N4O3S3/c1-15-4-6-16(7-5-15)18-13-32-23-21(18)22(28)25-19(26-23)14-31-20-9-8-17(12-24-20)33(29,30)27-10-2-3-11-27/h4-9,12-13H,2-3,10-11,14H2,1H3,(H,25,26,28). The van der Waals surface area contributed by atoms with E-state index < -0.39 is 10.0 Å². The Kier molecular flexibility index (Phi) is 6.09. The highest BCUT2D eigenvalue weighted by Crippen LogP contribution is 2.31. The van der Waals surface area contributed by atoms with Crippen LogP contribution in [0.3, 0.4) is 0 Å². The van der Waals surface area contributed by atoms with Gasteiger partial charge in [-0.05, 0) is 37.5 Å². The number of nitrogens with one attached hydrogen (secondary N) is 1. The first-order valence-electron chi connectivity index (χ1n) is 10.6. The van der Waals surface area contributed by atoms with E-state index in [4.69, 9.17) is 0 Å². The summed E-state index contributed by atoms with van der Waals surface area (Å²) in [4.78, 5) is 25.6. The molecule has 3 aromatic heterocycles. The normalized spacial score (nSPS) is 14.8. The second kappa shape index (κ2) is 9.02. The minimum Gasteiger partial charge on any atom is -0.309 e. The van der Waals surface area contributed by atoms with Gasteiger partial charge in [0.05, 0.1) is 16.2 Å². The summed E-state index contributed by atoms with van der Waals surface area (Å²) in [6.07, 6.45) is 3.20. The van der Waals surface area contributed by atoms with Crippen LogP contribution in [0.4, 0.5) is 0 Å². The zero-order chi connectivity index (χ0) is 23.0. The van der Waals surface area contributed by atoms with Crippen LogP contribution in [0.2, 0.25) is 0 Å². The molecule has 1 aromatic carbocycles. The molecule has 0 saturated carbocycles. The van der Waals surface area contributed by atoms with Gasteiger partial charge >= 0.3 is 0 Å². The predicted octanol–water partition coefficient (Wildman–Crippen LogP) is 4.43. The van der Waals surface area contributed by atoms with E-state index >= 15 is 0 Å². The summed E-state index contributed by atoms with van der Waals surface area (Å²) in [6.45, 7) is 3.16. The van der Waals surface area contributed by atoms with E-state index in [1.807, 2.05) is 36.6 Å². The van der Waals surface area contributed by atoms with E-state index in [-0.39, 0.29) is 10.5 Å². The van der Waals surface area contributed by atoms with Gasteiger partial charge in [0, 0.05) is 30.2 Å². The molecule has 1 N–H and O–H groups in total. The van der Waals surface area contributed by atoms with Crippen molar-refractivity contribution >= 4 is 43.3 Å². The van der Waals surface area contributed by atoms with E-state index in [0.29, 0.717) is 39.9 Å². The SMILES string of the molecule is Cc1ccc(-c2csc3nc(CSc4ccc(S(=O)(=O)N5CCCC5)cn4)[nH]c(=O)c23)cc1. The number of thiophene rings is 1. The molecule has 0 unspecified atom stereocenters. The van der Waals surface area contributed by atoms with E-state index in [9.17, 15) is 13.2 Å². The van der Waals surface area contributed by atoms with Crippen molar-refractivity contribution in [2.75, 3.05) is 13.1 Å². The van der Waals surface area contributed by atoms with Crippen molar-refractivity contribution in [2.45, 2.75) is 35.4 Å². The summed E-state index contributed by atoms with van der Waals surface area (Å²) in [7, 11) is -3.47. The van der Waals surface area contributed by atoms with E-state index in [1.165, 1.54) is 39.2 Å². The second-order valence-corrected chi connectivity index (χ2v) is 11.7. The molecule has 7 nitrogen and oxygen atoms in total. The fraction of sp³-hybridized carbons (Fsp3) is 0.261. The summed E-state index contributed by atoms with van der Waals surface area (Å²) >= 11 is 2.85. The van der Waals surface area contributed by atoms with Gasteiger partial charge in [0.15, 0.2) is 0 Å². The number of aryl methyl sites for hydroxylation is 1. The first-order chi connectivity index (χ1) is 15.9. The van der Waals surface area contributed by atoms with Crippen molar-refractivity contribution in [2.24, 2.45) is 0 Å². The molecule has 0 aliphatic carbocycles. The monoisotopic (exact) mass is 498 g/mol. The molecule has 10 heteroatoms. The van der Waals surface area contributed by atoms with Crippen molar-refractivity contribution in [1.29, 1.82) is 0 Å². The van der Waals surface area contributed by atoms with Gasteiger partial charge in [-0.1, -0.05) is 41.6 Å². The third kappa shape index (κ3) is 4.48. The molecule has 4 aromatic rings. The third-order valence-corrected chi connectivity index (χ3v) is 9.33. The highest BCUT2D eigenvalue weighted by atomic mass is 32.2. The summed E-state index contributed by atoms with van der Waals surface area (Å²) < 4.78 is 26.8.